The van der Waals surface area contributed by atoms with Crippen molar-refractivity contribution in [2.45, 2.75) is 33.6 Å². The fraction of sp³-hybridized carbons (Fsp3) is 0.238. The Morgan fingerprint density at radius 1 is 0.828 bits per heavy atom. The number of anilines is 1. The van der Waals surface area contributed by atoms with Crippen LogP contribution in [0.3, 0.4) is 0 Å². The summed E-state index contributed by atoms with van der Waals surface area (Å²) in [4.78, 5) is 35.9. The van der Waals surface area contributed by atoms with E-state index in [-0.39, 0.29) is 29.8 Å². The Bertz CT molecular complexity index is 926. The molecule has 0 aliphatic carbocycles. The van der Waals surface area contributed by atoms with E-state index in [1.165, 1.54) is 0 Å². The van der Waals surface area contributed by atoms with Gasteiger partial charge in [0.1, 0.15) is 0 Å². The summed E-state index contributed by atoms with van der Waals surface area (Å²) in [6, 6.07) is 12.6. The van der Waals surface area contributed by atoms with Gasteiger partial charge in [0.25, 0.3) is 5.91 Å². The van der Waals surface area contributed by atoms with Crippen LogP contribution in [0.4, 0.5) is 5.69 Å². The maximum Gasteiger partial charge on any atom is 0.257 e. The normalized spacial score (nSPS) is 10.0. The second kappa shape index (κ2) is 10.3. The summed E-state index contributed by atoms with van der Waals surface area (Å²) in [6.07, 6.45) is -0.0128. The highest BCUT2D eigenvalue weighted by Gasteiger charge is 2.10. The lowest BCUT2D eigenvalue weighted by Crippen LogP contribution is -2.48. The largest absolute Gasteiger partial charge is 0.326 e. The topological polar surface area (TPSA) is 99.3 Å². The van der Waals surface area contributed by atoms with E-state index in [9.17, 15) is 14.4 Å². The number of thiocarbonyl (C=S) groups is 1. The minimum atomic E-state index is -0.424. The molecule has 4 N–H and O–H groups in total. The molecule has 2 rings (SSSR count). The molecule has 0 aliphatic rings. The predicted octanol–water partition coefficient (Wildman–Crippen LogP) is 2.67. The summed E-state index contributed by atoms with van der Waals surface area (Å²) in [6.45, 7) is 5.88. The van der Waals surface area contributed by atoms with Crippen LogP contribution in [0, 0.1) is 20.8 Å². The molecule has 2 aromatic rings. The lowest BCUT2D eigenvalue weighted by atomic mass is 10.1. The van der Waals surface area contributed by atoms with Gasteiger partial charge in [-0.15, -0.1) is 0 Å². The van der Waals surface area contributed by atoms with E-state index in [4.69, 9.17) is 12.2 Å². The third-order valence-corrected chi connectivity index (χ3v) is 4.43. The van der Waals surface area contributed by atoms with Gasteiger partial charge in [-0.05, 0) is 68.4 Å². The predicted molar refractivity (Wildman–Crippen MR) is 116 cm³/mol. The number of hydrogen-bond donors (Lipinski definition) is 4. The third-order valence-electron chi connectivity index (χ3n) is 4.23. The summed E-state index contributed by atoms with van der Waals surface area (Å²) < 4.78 is 0. The van der Waals surface area contributed by atoms with Crippen LogP contribution in [0.1, 0.15) is 39.9 Å². The molecule has 0 saturated heterocycles. The fourth-order valence-electron chi connectivity index (χ4n) is 2.37. The summed E-state index contributed by atoms with van der Waals surface area (Å²) in [7, 11) is 0. The zero-order chi connectivity index (χ0) is 21.4. The number of hydrazine groups is 1. The molecule has 2 aromatic carbocycles. The Hall–Kier alpha value is -3.26. The molecule has 152 valence electrons. The number of carbonyl (C=O) groups excluding carboxylic acids is 3. The molecule has 0 radical (unpaired) electrons. The van der Waals surface area contributed by atoms with Gasteiger partial charge in [0.2, 0.25) is 11.8 Å². The van der Waals surface area contributed by atoms with Crippen molar-refractivity contribution in [3.05, 3.63) is 64.7 Å². The molecule has 0 heterocycles. The number of amides is 3. The molecular weight excluding hydrogens is 388 g/mol. The van der Waals surface area contributed by atoms with E-state index in [1.807, 2.05) is 51.1 Å². The van der Waals surface area contributed by atoms with Crippen LogP contribution in [-0.4, -0.2) is 22.8 Å². The van der Waals surface area contributed by atoms with Crippen LogP contribution in [0.5, 0.6) is 0 Å². The average molecular weight is 413 g/mol. The van der Waals surface area contributed by atoms with Gasteiger partial charge >= 0.3 is 0 Å². The van der Waals surface area contributed by atoms with Crippen LogP contribution in [0.15, 0.2) is 42.5 Å². The standard InChI is InChI=1S/C21H24N4O3S/c1-13-4-7-16(8-5-13)20(28)23-21(29)25-24-19(27)11-10-18(26)22-17-9-6-14(2)15(3)12-17/h4-9,12H,10-11H2,1-3H3,(H,22,26)(H,24,27)(H2,23,25,28,29). The van der Waals surface area contributed by atoms with Gasteiger partial charge in [0.05, 0.1) is 0 Å². The minimum Gasteiger partial charge on any atom is -0.326 e. The number of aryl methyl sites for hydroxylation is 3. The molecule has 7 nitrogen and oxygen atoms in total. The lowest BCUT2D eigenvalue weighted by molar-refractivity contribution is -0.124. The summed E-state index contributed by atoms with van der Waals surface area (Å²) in [5.74, 6) is -1.07. The Morgan fingerprint density at radius 3 is 2.14 bits per heavy atom. The molecule has 0 fully saturated rings. The molecular formula is C21H24N4O3S. The summed E-state index contributed by atoms with van der Waals surface area (Å²) in [5, 5.41) is 5.18. The molecule has 0 unspecified atom stereocenters. The lowest BCUT2D eigenvalue weighted by Gasteiger charge is -2.11. The van der Waals surface area contributed by atoms with Crippen LogP contribution < -0.4 is 21.5 Å². The van der Waals surface area contributed by atoms with Gasteiger partial charge in [-0.25, -0.2) is 0 Å². The second-order valence-corrected chi connectivity index (χ2v) is 7.08. The van der Waals surface area contributed by atoms with Crippen molar-refractivity contribution in [3.63, 3.8) is 0 Å². The van der Waals surface area contributed by atoms with Gasteiger partial charge in [0, 0.05) is 24.1 Å². The minimum absolute atomic E-state index is 0.0168. The van der Waals surface area contributed by atoms with Gasteiger partial charge < -0.3 is 5.32 Å². The fourth-order valence-corrected chi connectivity index (χ4v) is 2.51. The van der Waals surface area contributed by atoms with Gasteiger partial charge in [-0.2, -0.15) is 0 Å². The zero-order valence-electron chi connectivity index (χ0n) is 16.6. The number of carbonyl (C=O) groups is 3. The van der Waals surface area contributed by atoms with E-state index < -0.39 is 5.91 Å². The highest BCUT2D eigenvalue weighted by molar-refractivity contribution is 7.80. The van der Waals surface area contributed by atoms with Crippen LogP contribution >= 0.6 is 12.2 Å². The quantitative estimate of drug-likeness (QED) is 0.447. The van der Waals surface area contributed by atoms with Crippen molar-refractivity contribution < 1.29 is 14.4 Å². The summed E-state index contributed by atoms with van der Waals surface area (Å²) >= 11 is 4.98. The SMILES string of the molecule is Cc1ccc(C(=O)NC(=S)NNC(=O)CCC(=O)Nc2ccc(C)c(C)c2)cc1. The van der Waals surface area contributed by atoms with Crippen molar-refractivity contribution in [1.82, 2.24) is 16.2 Å². The first kappa shape index (κ1) is 22.0. The monoisotopic (exact) mass is 412 g/mol. The van der Waals surface area contributed by atoms with Crippen molar-refractivity contribution in [2.24, 2.45) is 0 Å². The van der Waals surface area contributed by atoms with E-state index in [2.05, 4.69) is 21.5 Å². The van der Waals surface area contributed by atoms with Crippen molar-refractivity contribution in [1.29, 1.82) is 0 Å². The molecule has 3 amide bonds. The summed E-state index contributed by atoms with van der Waals surface area (Å²) in [5.41, 5.74) is 9.20. The Balaban J connectivity index is 1.69. The molecule has 0 aliphatic heterocycles. The van der Waals surface area contributed by atoms with Gasteiger partial charge in [-0.3, -0.25) is 30.6 Å². The van der Waals surface area contributed by atoms with Crippen LogP contribution in [0.2, 0.25) is 0 Å². The number of benzene rings is 2. The Morgan fingerprint density at radius 2 is 1.48 bits per heavy atom. The first-order valence-corrected chi connectivity index (χ1v) is 9.49. The smallest absolute Gasteiger partial charge is 0.257 e. The highest BCUT2D eigenvalue weighted by Crippen LogP contribution is 2.14. The second-order valence-electron chi connectivity index (χ2n) is 6.67. The molecule has 0 aromatic heterocycles. The van der Waals surface area contributed by atoms with Crippen molar-refractivity contribution in [3.8, 4) is 0 Å². The highest BCUT2D eigenvalue weighted by atomic mass is 32.1. The van der Waals surface area contributed by atoms with Crippen molar-refractivity contribution >= 4 is 40.7 Å². The zero-order valence-corrected chi connectivity index (χ0v) is 17.4. The van der Waals surface area contributed by atoms with E-state index in [0.717, 1.165) is 16.7 Å². The molecule has 29 heavy (non-hydrogen) atoms. The molecule has 8 heteroatoms. The number of rotatable bonds is 5. The molecule has 0 atom stereocenters. The van der Waals surface area contributed by atoms with E-state index >= 15 is 0 Å². The van der Waals surface area contributed by atoms with Gasteiger partial charge in [0.15, 0.2) is 5.11 Å². The molecule has 0 saturated carbocycles. The maximum atomic E-state index is 12.0. The van der Waals surface area contributed by atoms with Crippen LogP contribution in [-0.2, 0) is 9.59 Å². The van der Waals surface area contributed by atoms with Crippen LogP contribution in [0.25, 0.3) is 0 Å². The maximum absolute atomic E-state index is 12.0. The number of hydrogen-bond acceptors (Lipinski definition) is 4. The average Bonchev–Trinajstić information content (AvgIpc) is 2.68. The van der Waals surface area contributed by atoms with Crippen molar-refractivity contribution in [2.75, 3.05) is 5.32 Å². The van der Waals surface area contributed by atoms with E-state index in [1.54, 1.807) is 12.1 Å². The Labute approximate surface area is 175 Å². The van der Waals surface area contributed by atoms with Gasteiger partial charge in [-0.1, -0.05) is 23.8 Å². The Kier molecular flexibility index (Phi) is 7.85. The third kappa shape index (κ3) is 7.34. The first-order valence-electron chi connectivity index (χ1n) is 9.08. The van der Waals surface area contributed by atoms with E-state index in [0.29, 0.717) is 11.3 Å². The first-order chi connectivity index (χ1) is 13.7. The molecule has 0 spiro atoms. The number of nitrogens with one attached hydrogen (secondary N) is 4. The molecule has 0 bridgehead atoms.